The van der Waals surface area contributed by atoms with Crippen LogP contribution in [0.3, 0.4) is 0 Å². The molecule has 1 heterocycles. The van der Waals surface area contributed by atoms with Crippen molar-refractivity contribution in [2.75, 3.05) is 23.3 Å². The van der Waals surface area contributed by atoms with Gasteiger partial charge in [0, 0.05) is 19.0 Å². The zero-order chi connectivity index (χ0) is 18.6. The number of carbonyl (C=O) groups excluding carboxylic acids is 1. The van der Waals surface area contributed by atoms with Crippen LogP contribution >= 0.6 is 0 Å². The molecule has 1 saturated carbocycles. The van der Waals surface area contributed by atoms with Gasteiger partial charge in [0.2, 0.25) is 5.91 Å². The predicted octanol–water partition coefficient (Wildman–Crippen LogP) is 5.60. The van der Waals surface area contributed by atoms with Crippen LogP contribution in [-0.4, -0.2) is 19.0 Å². The molecule has 0 unspecified atom stereocenters. The Labute approximate surface area is 152 Å². The number of alkyl halides is 3. The molecule has 1 aliphatic heterocycles. The number of hydrogen-bond acceptors (Lipinski definition) is 2. The highest BCUT2D eigenvalue weighted by molar-refractivity contribution is 5.96. The summed E-state index contributed by atoms with van der Waals surface area (Å²) in [6.07, 6.45) is 4.72. The van der Waals surface area contributed by atoms with E-state index in [1.54, 1.807) is 0 Å². The van der Waals surface area contributed by atoms with Gasteiger partial charge in [-0.05, 0) is 43.9 Å². The number of benzene rings is 1. The summed E-state index contributed by atoms with van der Waals surface area (Å²) in [6.45, 7) is 1.63. The first-order valence-corrected chi connectivity index (χ1v) is 9.72. The highest BCUT2D eigenvalue weighted by Crippen LogP contribution is 2.37. The van der Waals surface area contributed by atoms with E-state index in [-0.39, 0.29) is 11.8 Å². The zero-order valence-corrected chi connectivity index (χ0v) is 15.1. The fourth-order valence-electron chi connectivity index (χ4n) is 4.00. The fraction of sp³-hybridized carbons (Fsp3) is 0.650. The van der Waals surface area contributed by atoms with E-state index in [1.807, 2.05) is 0 Å². The molecule has 1 saturated heterocycles. The first kappa shape index (κ1) is 19.1. The number of carbonyl (C=O) groups is 1. The third-order valence-corrected chi connectivity index (χ3v) is 5.50. The number of nitrogens with zero attached hydrogens (tertiary/aromatic N) is 1. The van der Waals surface area contributed by atoms with Gasteiger partial charge < -0.3 is 10.2 Å². The minimum atomic E-state index is -4.42. The second-order valence-corrected chi connectivity index (χ2v) is 7.46. The molecule has 1 N–H and O–H groups in total. The highest BCUT2D eigenvalue weighted by Gasteiger charge is 2.32. The van der Waals surface area contributed by atoms with E-state index in [9.17, 15) is 18.0 Å². The van der Waals surface area contributed by atoms with Crippen molar-refractivity contribution in [2.45, 2.75) is 64.0 Å². The number of hydrogen-bond donors (Lipinski definition) is 1. The maximum Gasteiger partial charge on any atom is 0.416 e. The molecule has 0 radical (unpaired) electrons. The molecule has 26 heavy (non-hydrogen) atoms. The van der Waals surface area contributed by atoms with Crippen molar-refractivity contribution in [3.05, 3.63) is 23.8 Å². The number of rotatable bonds is 3. The van der Waals surface area contributed by atoms with Gasteiger partial charge in [-0.2, -0.15) is 13.2 Å². The molecule has 2 fully saturated rings. The van der Waals surface area contributed by atoms with Crippen molar-refractivity contribution in [3.63, 3.8) is 0 Å². The summed E-state index contributed by atoms with van der Waals surface area (Å²) in [5, 5.41) is 2.83. The second kappa shape index (κ2) is 8.31. The van der Waals surface area contributed by atoms with Crippen LogP contribution in [0.25, 0.3) is 0 Å². The molecule has 0 bridgehead atoms. The summed E-state index contributed by atoms with van der Waals surface area (Å²) in [7, 11) is 0. The van der Waals surface area contributed by atoms with Crippen molar-refractivity contribution >= 4 is 17.3 Å². The molecule has 1 aromatic carbocycles. The van der Waals surface area contributed by atoms with Crippen LogP contribution in [0.1, 0.15) is 63.4 Å². The molecule has 1 aliphatic carbocycles. The van der Waals surface area contributed by atoms with Gasteiger partial charge in [-0.3, -0.25) is 4.79 Å². The Balaban J connectivity index is 1.86. The highest BCUT2D eigenvalue weighted by atomic mass is 19.4. The van der Waals surface area contributed by atoms with Gasteiger partial charge in [0.15, 0.2) is 0 Å². The van der Waals surface area contributed by atoms with E-state index in [2.05, 4.69) is 10.2 Å². The lowest BCUT2D eigenvalue weighted by molar-refractivity contribution is -0.137. The van der Waals surface area contributed by atoms with Gasteiger partial charge in [-0.1, -0.05) is 32.1 Å². The third-order valence-electron chi connectivity index (χ3n) is 5.50. The number of nitrogens with one attached hydrogen (secondary N) is 1. The second-order valence-electron chi connectivity index (χ2n) is 7.46. The molecule has 6 heteroatoms. The molecule has 0 aromatic heterocycles. The molecular formula is C20H27F3N2O. The van der Waals surface area contributed by atoms with E-state index in [1.165, 1.54) is 6.07 Å². The minimum absolute atomic E-state index is 0.0877. The first-order chi connectivity index (χ1) is 12.4. The lowest BCUT2D eigenvalue weighted by Gasteiger charge is -2.27. The SMILES string of the molecule is O=C(Nc1cc(C(F)(F)F)ccc1N1CCCCCC1)C1CCCCC1. The van der Waals surface area contributed by atoms with Crippen LogP contribution in [0.5, 0.6) is 0 Å². The van der Waals surface area contributed by atoms with Crippen LogP contribution in [0.15, 0.2) is 18.2 Å². The minimum Gasteiger partial charge on any atom is -0.370 e. The Bertz CT molecular complexity index is 616. The standard InChI is InChI=1S/C20H27F3N2O/c21-20(22,23)16-10-11-18(25-12-6-1-2-7-13-25)17(14-16)24-19(26)15-8-4-3-5-9-15/h10-11,14-15H,1-9,12-13H2,(H,24,26). The Morgan fingerprint density at radius 3 is 2.19 bits per heavy atom. The van der Waals surface area contributed by atoms with Crippen LogP contribution in [0.2, 0.25) is 0 Å². The Hall–Kier alpha value is -1.72. The Morgan fingerprint density at radius 1 is 0.962 bits per heavy atom. The quantitative estimate of drug-likeness (QED) is 0.753. The van der Waals surface area contributed by atoms with Gasteiger partial charge in [-0.15, -0.1) is 0 Å². The molecular weight excluding hydrogens is 341 g/mol. The van der Waals surface area contributed by atoms with Crippen LogP contribution in [-0.2, 0) is 11.0 Å². The van der Waals surface area contributed by atoms with E-state index >= 15 is 0 Å². The Kier molecular flexibility index (Phi) is 6.09. The number of anilines is 2. The summed E-state index contributed by atoms with van der Waals surface area (Å²) in [4.78, 5) is 14.7. The van der Waals surface area contributed by atoms with Crippen LogP contribution in [0, 0.1) is 5.92 Å². The molecule has 1 aromatic rings. The van der Waals surface area contributed by atoms with Gasteiger partial charge in [0.1, 0.15) is 0 Å². The van der Waals surface area contributed by atoms with Gasteiger partial charge in [0.05, 0.1) is 16.9 Å². The van der Waals surface area contributed by atoms with Crippen molar-refractivity contribution < 1.29 is 18.0 Å². The van der Waals surface area contributed by atoms with Crippen molar-refractivity contribution in [1.29, 1.82) is 0 Å². The maximum atomic E-state index is 13.2. The molecule has 0 atom stereocenters. The van der Waals surface area contributed by atoms with Crippen molar-refractivity contribution in [3.8, 4) is 0 Å². The normalized spacial score (nSPS) is 19.9. The largest absolute Gasteiger partial charge is 0.416 e. The number of halogens is 3. The molecule has 3 rings (SSSR count). The van der Waals surface area contributed by atoms with E-state index < -0.39 is 11.7 Å². The summed E-state index contributed by atoms with van der Waals surface area (Å²) in [5.41, 5.74) is 0.302. The molecule has 1 amide bonds. The van der Waals surface area contributed by atoms with Crippen LogP contribution in [0.4, 0.5) is 24.5 Å². The molecule has 3 nitrogen and oxygen atoms in total. The first-order valence-electron chi connectivity index (χ1n) is 9.72. The van der Waals surface area contributed by atoms with E-state index in [0.29, 0.717) is 11.4 Å². The maximum absolute atomic E-state index is 13.2. The summed E-state index contributed by atoms with van der Waals surface area (Å²) < 4.78 is 39.5. The third kappa shape index (κ3) is 4.71. The molecule has 0 spiro atoms. The van der Waals surface area contributed by atoms with Gasteiger partial charge in [0.25, 0.3) is 0 Å². The average molecular weight is 368 g/mol. The lowest BCUT2D eigenvalue weighted by Crippen LogP contribution is -2.28. The monoisotopic (exact) mass is 368 g/mol. The predicted molar refractivity (Wildman–Crippen MR) is 97.3 cm³/mol. The van der Waals surface area contributed by atoms with Crippen LogP contribution < -0.4 is 10.2 Å². The lowest BCUT2D eigenvalue weighted by atomic mass is 9.88. The molecule has 144 valence electrons. The summed E-state index contributed by atoms with van der Waals surface area (Å²) >= 11 is 0. The zero-order valence-electron chi connectivity index (χ0n) is 15.1. The Morgan fingerprint density at radius 2 is 1.58 bits per heavy atom. The smallest absolute Gasteiger partial charge is 0.370 e. The van der Waals surface area contributed by atoms with E-state index in [4.69, 9.17) is 0 Å². The number of amides is 1. The average Bonchev–Trinajstić information content (AvgIpc) is 2.91. The van der Waals surface area contributed by atoms with Gasteiger partial charge >= 0.3 is 6.18 Å². The van der Waals surface area contributed by atoms with E-state index in [0.717, 1.165) is 83.0 Å². The van der Waals surface area contributed by atoms with Gasteiger partial charge in [-0.25, -0.2) is 0 Å². The van der Waals surface area contributed by atoms with Crippen molar-refractivity contribution in [1.82, 2.24) is 0 Å². The topological polar surface area (TPSA) is 32.3 Å². The molecule has 2 aliphatic rings. The fourth-order valence-corrected chi connectivity index (χ4v) is 4.00. The summed E-state index contributed by atoms with van der Waals surface area (Å²) in [5.74, 6) is -0.227. The summed E-state index contributed by atoms with van der Waals surface area (Å²) in [6, 6.07) is 3.74. The van der Waals surface area contributed by atoms with Crippen molar-refractivity contribution in [2.24, 2.45) is 5.92 Å².